The molecule has 0 saturated heterocycles. The third-order valence-corrected chi connectivity index (χ3v) is 3.35. The van der Waals surface area contributed by atoms with E-state index in [1.807, 2.05) is 24.3 Å². The van der Waals surface area contributed by atoms with Crippen molar-refractivity contribution in [1.82, 2.24) is 0 Å². The van der Waals surface area contributed by atoms with Crippen molar-refractivity contribution in [2.24, 2.45) is 0 Å². The van der Waals surface area contributed by atoms with Crippen LogP contribution < -0.4 is 14.8 Å². The zero-order valence-corrected chi connectivity index (χ0v) is 12.2. The molecule has 106 valence electrons. The van der Waals surface area contributed by atoms with E-state index in [0.717, 1.165) is 23.6 Å². The number of hydrogen-bond donors (Lipinski definition) is 1. The summed E-state index contributed by atoms with van der Waals surface area (Å²) in [7, 11) is 3.32. The topological polar surface area (TPSA) is 30.5 Å². The number of ether oxygens (including phenoxy) is 2. The molecule has 0 saturated carbocycles. The molecule has 1 unspecified atom stereocenters. The third-order valence-electron chi connectivity index (χ3n) is 3.35. The van der Waals surface area contributed by atoms with Gasteiger partial charge in [0.05, 0.1) is 25.9 Å². The summed E-state index contributed by atoms with van der Waals surface area (Å²) in [5.41, 5.74) is 2.25. The van der Waals surface area contributed by atoms with E-state index < -0.39 is 0 Å². The predicted octanol–water partition coefficient (Wildman–Crippen LogP) is 4.27. The lowest BCUT2D eigenvalue weighted by Gasteiger charge is -2.20. The van der Waals surface area contributed by atoms with Gasteiger partial charge in [-0.05, 0) is 24.1 Å². The van der Waals surface area contributed by atoms with Crippen LogP contribution in [-0.2, 0) is 0 Å². The third kappa shape index (κ3) is 3.23. The molecule has 0 aliphatic heterocycles. The van der Waals surface area contributed by atoms with Gasteiger partial charge in [-0.15, -0.1) is 0 Å². The van der Waals surface area contributed by atoms with Crippen LogP contribution in [-0.4, -0.2) is 14.2 Å². The lowest BCUT2D eigenvalue weighted by Crippen LogP contribution is -2.10. The van der Waals surface area contributed by atoms with E-state index in [2.05, 4.69) is 36.5 Å². The second kappa shape index (κ2) is 6.85. The van der Waals surface area contributed by atoms with Gasteiger partial charge in [0.2, 0.25) is 0 Å². The second-order valence-electron chi connectivity index (χ2n) is 4.58. The van der Waals surface area contributed by atoms with Crippen molar-refractivity contribution >= 4 is 5.69 Å². The van der Waals surface area contributed by atoms with E-state index >= 15 is 0 Å². The molecule has 2 aromatic rings. The molecule has 20 heavy (non-hydrogen) atoms. The lowest BCUT2D eigenvalue weighted by atomic mass is 10.0. The first-order chi connectivity index (χ1) is 9.78. The summed E-state index contributed by atoms with van der Waals surface area (Å²) in [4.78, 5) is 0. The van der Waals surface area contributed by atoms with E-state index in [4.69, 9.17) is 9.47 Å². The van der Waals surface area contributed by atoms with Crippen LogP contribution in [0.5, 0.6) is 11.5 Å². The second-order valence-corrected chi connectivity index (χ2v) is 4.58. The fourth-order valence-electron chi connectivity index (χ4n) is 2.21. The van der Waals surface area contributed by atoms with Crippen LogP contribution >= 0.6 is 0 Å². The largest absolute Gasteiger partial charge is 0.497 e. The van der Waals surface area contributed by atoms with Crippen LogP contribution in [0.4, 0.5) is 5.69 Å². The van der Waals surface area contributed by atoms with Gasteiger partial charge < -0.3 is 14.8 Å². The van der Waals surface area contributed by atoms with E-state index in [1.54, 1.807) is 14.2 Å². The zero-order chi connectivity index (χ0) is 14.4. The van der Waals surface area contributed by atoms with Gasteiger partial charge in [0, 0.05) is 6.07 Å². The van der Waals surface area contributed by atoms with Gasteiger partial charge >= 0.3 is 0 Å². The highest BCUT2D eigenvalue weighted by Gasteiger charge is 2.12. The Labute approximate surface area is 120 Å². The van der Waals surface area contributed by atoms with Gasteiger partial charge in [0.1, 0.15) is 11.5 Å². The Morgan fingerprint density at radius 1 is 1.00 bits per heavy atom. The molecule has 0 aromatic heterocycles. The maximum Gasteiger partial charge on any atom is 0.145 e. The molecule has 0 aliphatic rings. The maximum absolute atomic E-state index is 5.43. The van der Waals surface area contributed by atoms with Gasteiger partial charge in [0.25, 0.3) is 0 Å². The smallest absolute Gasteiger partial charge is 0.145 e. The molecule has 0 amide bonds. The fraction of sp³-hybridized carbons (Fsp3) is 0.294. The summed E-state index contributed by atoms with van der Waals surface area (Å²) in [5.74, 6) is 1.58. The predicted molar refractivity (Wildman–Crippen MR) is 82.6 cm³/mol. The minimum atomic E-state index is 0.262. The van der Waals surface area contributed by atoms with Crippen LogP contribution in [0.15, 0.2) is 48.5 Å². The van der Waals surface area contributed by atoms with Crippen LogP contribution in [0, 0.1) is 0 Å². The number of benzene rings is 2. The molecule has 1 atom stereocenters. The van der Waals surface area contributed by atoms with Crippen molar-refractivity contribution in [3.63, 3.8) is 0 Å². The summed E-state index contributed by atoms with van der Waals surface area (Å²) < 4.78 is 10.6. The molecule has 0 bridgehead atoms. The molecule has 3 heteroatoms. The number of anilines is 1. The first kappa shape index (κ1) is 14.3. The van der Waals surface area contributed by atoms with Crippen LogP contribution in [0.1, 0.15) is 24.9 Å². The molecule has 0 radical (unpaired) electrons. The average Bonchev–Trinajstić information content (AvgIpc) is 2.53. The molecule has 1 N–H and O–H groups in total. The van der Waals surface area contributed by atoms with Gasteiger partial charge in [-0.3, -0.25) is 0 Å². The molecule has 2 aromatic carbocycles. The molecular weight excluding hydrogens is 250 g/mol. The number of hydrogen-bond acceptors (Lipinski definition) is 3. The molecule has 3 nitrogen and oxygen atoms in total. The summed E-state index contributed by atoms with van der Waals surface area (Å²) in [6.07, 6.45) is 0.999. The van der Waals surface area contributed by atoms with Gasteiger partial charge in [-0.25, -0.2) is 0 Å². The summed E-state index contributed by atoms with van der Waals surface area (Å²) in [6.45, 7) is 2.17. The molecule has 0 heterocycles. The lowest BCUT2D eigenvalue weighted by molar-refractivity contribution is 0.395. The molecule has 2 rings (SSSR count). The van der Waals surface area contributed by atoms with Crippen molar-refractivity contribution < 1.29 is 9.47 Å². The van der Waals surface area contributed by atoms with Gasteiger partial charge in [-0.2, -0.15) is 0 Å². The Kier molecular flexibility index (Phi) is 4.88. The molecule has 0 fully saturated rings. The monoisotopic (exact) mass is 271 g/mol. The Morgan fingerprint density at radius 3 is 2.35 bits per heavy atom. The Hall–Kier alpha value is -2.16. The quantitative estimate of drug-likeness (QED) is 0.851. The minimum Gasteiger partial charge on any atom is -0.497 e. The van der Waals surface area contributed by atoms with Crippen LogP contribution in [0.2, 0.25) is 0 Å². The molecule has 0 spiro atoms. The van der Waals surface area contributed by atoms with Crippen LogP contribution in [0.25, 0.3) is 0 Å². The molecular formula is C17H21NO2. The maximum atomic E-state index is 5.43. The first-order valence-corrected chi connectivity index (χ1v) is 6.82. The normalized spacial score (nSPS) is 11.8. The Morgan fingerprint density at radius 2 is 1.75 bits per heavy atom. The van der Waals surface area contributed by atoms with Crippen LogP contribution in [0.3, 0.4) is 0 Å². The summed E-state index contributed by atoms with van der Waals surface area (Å²) >= 11 is 0. The fourth-order valence-corrected chi connectivity index (χ4v) is 2.21. The summed E-state index contributed by atoms with van der Waals surface area (Å²) in [6, 6.07) is 16.5. The van der Waals surface area contributed by atoms with Crippen molar-refractivity contribution in [2.75, 3.05) is 19.5 Å². The first-order valence-electron chi connectivity index (χ1n) is 6.82. The highest BCUT2D eigenvalue weighted by molar-refractivity contribution is 5.60. The highest BCUT2D eigenvalue weighted by atomic mass is 16.5. The number of rotatable bonds is 6. The van der Waals surface area contributed by atoms with Gasteiger partial charge in [-0.1, -0.05) is 37.3 Å². The highest BCUT2D eigenvalue weighted by Crippen LogP contribution is 2.32. The Bertz CT molecular complexity index is 540. The summed E-state index contributed by atoms with van der Waals surface area (Å²) in [5, 5.41) is 3.54. The number of nitrogens with one attached hydrogen (secondary N) is 1. The van der Waals surface area contributed by atoms with Crippen molar-refractivity contribution in [2.45, 2.75) is 19.4 Å². The Balaban J connectivity index is 2.23. The standard InChI is InChI=1S/C17H21NO2/c1-4-15(13-8-6-5-7-9-13)18-16-11-10-14(19-2)12-17(16)20-3/h5-12,15,18H,4H2,1-3H3. The number of methoxy groups -OCH3 is 2. The molecule has 0 aliphatic carbocycles. The van der Waals surface area contributed by atoms with E-state index in [-0.39, 0.29) is 6.04 Å². The zero-order valence-electron chi connectivity index (χ0n) is 12.2. The van der Waals surface area contributed by atoms with E-state index in [1.165, 1.54) is 5.56 Å². The van der Waals surface area contributed by atoms with Crippen molar-refractivity contribution in [1.29, 1.82) is 0 Å². The van der Waals surface area contributed by atoms with Gasteiger partial charge in [0.15, 0.2) is 0 Å². The SMILES string of the molecule is CCC(Nc1ccc(OC)cc1OC)c1ccccc1. The van der Waals surface area contributed by atoms with E-state index in [9.17, 15) is 0 Å². The van der Waals surface area contributed by atoms with Crippen molar-refractivity contribution in [3.05, 3.63) is 54.1 Å². The minimum absolute atomic E-state index is 0.262. The van der Waals surface area contributed by atoms with Crippen molar-refractivity contribution in [3.8, 4) is 11.5 Å². The van der Waals surface area contributed by atoms with E-state index in [0.29, 0.717) is 0 Å². The average molecular weight is 271 g/mol.